The van der Waals surface area contributed by atoms with Crippen molar-refractivity contribution < 1.29 is 14.7 Å². The summed E-state index contributed by atoms with van der Waals surface area (Å²) in [6, 6.07) is 1.77. The Morgan fingerprint density at radius 3 is 2.89 bits per heavy atom. The van der Waals surface area contributed by atoms with E-state index in [0.717, 1.165) is 23.5 Å². The van der Waals surface area contributed by atoms with Crippen molar-refractivity contribution in [3.8, 4) is 23.2 Å². The number of hydrogen-bond donors (Lipinski definition) is 3. The van der Waals surface area contributed by atoms with Crippen LogP contribution in [0.25, 0.3) is 11.4 Å². The lowest BCUT2D eigenvalue weighted by Crippen LogP contribution is -2.31. The molecule has 1 amide bonds. The van der Waals surface area contributed by atoms with Crippen LogP contribution in [0.4, 0.5) is 5.95 Å². The van der Waals surface area contributed by atoms with Gasteiger partial charge in [0.2, 0.25) is 5.95 Å². The number of nitrogen functional groups attached to an aromatic ring is 1. The fourth-order valence-corrected chi connectivity index (χ4v) is 3.60. The van der Waals surface area contributed by atoms with Crippen molar-refractivity contribution in [3.63, 3.8) is 0 Å². The highest BCUT2D eigenvalue weighted by atomic mass is 32.1. The van der Waals surface area contributed by atoms with E-state index in [2.05, 4.69) is 32.1 Å². The van der Waals surface area contributed by atoms with Crippen LogP contribution in [0, 0.1) is 11.8 Å². The number of nitrogens with zero attached hydrogens (tertiary/aromatic N) is 4. The Bertz CT molecular complexity index is 1180. The molecule has 140 valence electrons. The second-order valence-electron chi connectivity index (χ2n) is 6.03. The summed E-state index contributed by atoms with van der Waals surface area (Å²) in [7, 11) is 1.86. The van der Waals surface area contributed by atoms with Crippen LogP contribution in [0.5, 0.6) is 0 Å². The zero-order chi connectivity index (χ0) is 19.8. The van der Waals surface area contributed by atoms with E-state index >= 15 is 0 Å². The smallest absolute Gasteiger partial charge is 0.347 e. The van der Waals surface area contributed by atoms with Crippen LogP contribution >= 0.6 is 11.3 Å². The molecule has 0 saturated heterocycles. The van der Waals surface area contributed by atoms with Crippen LogP contribution in [0.1, 0.15) is 36.3 Å². The molecular weight excluding hydrogens is 380 g/mol. The standard InChI is InChI=1S/C18H14N6O3S/c1-24-11-4-5-20-16(25)10(11)6-12(24)15-9(7-22-18(19)23-15)2-3-14-21-8-13(28-14)17(26)27/h6-8H,4-5H2,1H3,(H,20,25)(H,26,27)(H2,19,22,23). The van der Waals surface area contributed by atoms with Crippen molar-refractivity contribution in [1.82, 2.24) is 24.8 Å². The molecule has 28 heavy (non-hydrogen) atoms. The third-order valence-electron chi connectivity index (χ3n) is 4.32. The lowest BCUT2D eigenvalue weighted by atomic mass is 10.1. The van der Waals surface area contributed by atoms with Crippen molar-refractivity contribution in [2.75, 3.05) is 12.3 Å². The number of thiazole rings is 1. The molecule has 4 heterocycles. The van der Waals surface area contributed by atoms with Gasteiger partial charge in [0.25, 0.3) is 5.91 Å². The Balaban J connectivity index is 1.80. The molecule has 0 radical (unpaired) electrons. The van der Waals surface area contributed by atoms with Gasteiger partial charge >= 0.3 is 5.97 Å². The molecule has 0 aromatic carbocycles. The van der Waals surface area contributed by atoms with Gasteiger partial charge in [0, 0.05) is 31.9 Å². The van der Waals surface area contributed by atoms with Crippen molar-refractivity contribution >= 4 is 29.2 Å². The van der Waals surface area contributed by atoms with Gasteiger partial charge in [-0.25, -0.2) is 19.7 Å². The highest BCUT2D eigenvalue weighted by Crippen LogP contribution is 2.28. The Labute approximate surface area is 163 Å². The van der Waals surface area contributed by atoms with Gasteiger partial charge in [0.15, 0.2) is 5.01 Å². The highest BCUT2D eigenvalue weighted by molar-refractivity contribution is 7.14. The molecule has 9 nitrogen and oxygen atoms in total. The average molecular weight is 394 g/mol. The normalized spacial score (nSPS) is 12.7. The largest absolute Gasteiger partial charge is 0.477 e. The van der Waals surface area contributed by atoms with Crippen LogP contribution in [0.2, 0.25) is 0 Å². The summed E-state index contributed by atoms with van der Waals surface area (Å²) in [5.74, 6) is 4.70. The number of fused-ring (bicyclic) bond motifs is 1. The maximum Gasteiger partial charge on any atom is 0.347 e. The van der Waals surface area contributed by atoms with E-state index in [1.807, 2.05) is 11.6 Å². The third kappa shape index (κ3) is 3.08. The number of rotatable bonds is 2. The monoisotopic (exact) mass is 394 g/mol. The van der Waals surface area contributed by atoms with Gasteiger partial charge in [0.1, 0.15) is 10.6 Å². The van der Waals surface area contributed by atoms with Crippen molar-refractivity contribution in [2.45, 2.75) is 6.42 Å². The molecule has 1 aliphatic rings. The summed E-state index contributed by atoms with van der Waals surface area (Å²) in [5, 5.41) is 12.2. The summed E-state index contributed by atoms with van der Waals surface area (Å²) < 4.78 is 1.91. The van der Waals surface area contributed by atoms with Gasteiger partial charge in [-0.3, -0.25) is 4.79 Å². The number of carbonyl (C=O) groups is 2. The van der Waals surface area contributed by atoms with Crippen LogP contribution in [-0.2, 0) is 13.5 Å². The number of hydrogen-bond acceptors (Lipinski definition) is 7. The quantitative estimate of drug-likeness (QED) is 0.550. The first-order valence-electron chi connectivity index (χ1n) is 8.25. The first-order chi connectivity index (χ1) is 13.4. The fourth-order valence-electron chi connectivity index (χ4n) is 2.99. The molecule has 0 fully saturated rings. The molecule has 4 N–H and O–H groups in total. The summed E-state index contributed by atoms with van der Waals surface area (Å²) >= 11 is 0.983. The number of carboxylic acids is 1. The maximum atomic E-state index is 12.1. The Kier molecular flexibility index (Phi) is 4.29. The van der Waals surface area contributed by atoms with E-state index in [9.17, 15) is 9.59 Å². The minimum Gasteiger partial charge on any atom is -0.477 e. The van der Waals surface area contributed by atoms with E-state index < -0.39 is 5.97 Å². The predicted octanol–water partition coefficient (Wildman–Crippen LogP) is 0.905. The van der Waals surface area contributed by atoms with E-state index in [0.29, 0.717) is 34.1 Å². The van der Waals surface area contributed by atoms with Gasteiger partial charge in [-0.2, -0.15) is 0 Å². The highest BCUT2D eigenvalue weighted by Gasteiger charge is 2.24. The lowest BCUT2D eigenvalue weighted by molar-refractivity contribution is 0.0701. The molecule has 0 aliphatic carbocycles. The number of aromatic nitrogens is 4. The maximum absolute atomic E-state index is 12.1. The van der Waals surface area contributed by atoms with E-state index in [-0.39, 0.29) is 16.7 Å². The molecule has 0 atom stereocenters. The van der Waals surface area contributed by atoms with Gasteiger partial charge in [0.05, 0.1) is 23.0 Å². The average Bonchev–Trinajstić information content (AvgIpc) is 3.27. The van der Waals surface area contributed by atoms with Crippen LogP contribution in [0.3, 0.4) is 0 Å². The van der Waals surface area contributed by atoms with Crippen molar-refractivity contribution in [1.29, 1.82) is 0 Å². The number of nitrogens with one attached hydrogen (secondary N) is 1. The molecule has 0 saturated carbocycles. The topological polar surface area (TPSA) is 136 Å². The Hall–Kier alpha value is -3.71. The van der Waals surface area contributed by atoms with Crippen molar-refractivity contribution in [3.05, 3.63) is 45.2 Å². The summed E-state index contributed by atoms with van der Waals surface area (Å²) in [6.45, 7) is 0.581. The van der Waals surface area contributed by atoms with E-state index in [4.69, 9.17) is 10.8 Å². The molecule has 0 spiro atoms. The molecule has 3 aromatic heterocycles. The first-order valence-corrected chi connectivity index (χ1v) is 9.06. The predicted molar refractivity (Wildman–Crippen MR) is 102 cm³/mol. The Morgan fingerprint density at radius 1 is 1.36 bits per heavy atom. The van der Waals surface area contributed by atoms with Gasteiger partial charge in [-0.15, -0.1) is 0 Å². The minimum absolute atomic E-state index is 0.0894. The number of nitrogens with two attached hydrogens (primary N) is 1. The fraction of sp³-hybridized carbons (Fsp3) is 0.167. The van der Waals surface area contributed by atoms with E-state index in [1.54, 1.807) is 6.07 Å². The molecule has 3 aromatic rings. The van der Waals surface area contributed by atoms with Gasteiger partial charge in [-0.05, 0) is 12.0 Å². The molecule has 4 rings (SSSR count). The first kappa shape index (κ1) is 17.7. The second-order valence-corrected chi connectivity index (χ2v) is 7.06. The number of aromatic carboxylic acids is 1. The second kappa shape index (κ2) is 6.79. The summed E-state index contributed by atoms with van der Waals surface area (Å²) in [5.41, 5.74) is 8.99. The molecule has 10 heteroatoms. The van der Waals surface area contributed by atoms with Crippen LogP contribution in [-0.4, -0.2) is 43.0 Å². The SMILES string of the molecule is Cn1c(-c2nc(N)ncc2C#Cc2ncc(C(=O)O)s2)cc2c1CCNC2=O. The number of carbonyl (C=O) groups excluding carboxylic acids is 1. The Morgan fingerprint density at radius 2 is 2.18 bits per heavy atom. The zero-order valence-corrected chi connectivity index (χ0v) is 15.5. The molecule has 0 unspecified atom stereocenters. The number of amides is 1. The van der Waals surface area contributed by atoms with E-state index in [1.165, 1.54) is 12.4 Å². The van der Waals surface area contributed by atoms with Crippen LogP contribution < -0.4 is 11.1 Å². The molecule has 0 bridgehead atoms. The van der Waals surface area contributed by atoms with Gasteiger partial charge in [-0.1, -0.05) is 17.3 Å². The third-order valence-corrected chi connectivity index (χ3v) is 5.22. The van der Waals surface area contributed by atoms with Gasteiger partial charge < -0.3 is 20.7 Å². The lowest BCUT2D eigenvalue weighted by Gasteiger charge is -2.14. The molecular formula is C18H14N6O3S. The number of anilines is 1. The van der Waals surface area contributed by atoms with Crippen molar-refractivity contribution in [2.24, 2.45) is 7.05 Å². The molecule has 1 aliphatic heterocycles. The number of carboxylic acid groups (broad SMARTS) is 1. The minimum atomic E-state index is -1.05. The zero-order valence-electron chi connectivity index (χ0n) is 14.7. The summed E-state index contributed by atoms with van der Waals surface area (Å²) in [6.07, 6.45) is 3.49. The van der Waals surface area contributed by atoms with Crippen LogP contribution in [0.15, 0.2) is 18.5 Å². The summed E-state index contributed by atoms with van der Waals surface area (Å²) in [4.78, 5) is 35.5.